The van der Waals surface area contributed by atoms with Crippen LogP contribution in [-0.2, 0) is 10.2 Å². The van der Waals surface area contributed by atoms with Crippen LogP contribution in [0.5, 0.6) is 11.5 Å². The lowest BCUT2D eigenvalue weighted by Gasteiger charge is -2.48. The smallest absolute Gasteiger partial charge is 0.221 e. The molecule has 33 heavy (non-hydrogen) atoms. The van der Waals surface area contributed by atoms with Gasteiger partial charge in [0.1, 0.15) is 11.5 Å². The Kier molecular flexibility index (Phi) is 5.49. The van der Waals surface area contributed by atoms with E-state index in [0.29, 0.717) is 6.61 Å². The van der Waals surface area contributed by atoms with Gasteiger partial charge in [-0.05, 0) is 60.2 Å². The fourth-order valence-corrected chi connectivity index (χ4v) is 5.82. The molecular weight excluding hydrogens is 432 g/mol. The molecule has 2 aliphatic heterocycles. The van der Waals surface area contributed by atoms with E-state index in [0.717, 1.165) is 33.3 Å². The highest BCUT2D eigenvalue weighted by Crippen LogP contribution is 2.54. The van der Waals surface area contributed by atoms with Crippen LogP contribution in [0.1, 0.15) is 37.9 Å². The Morgan fingerprint density at radius 2 is 1.88 bits per heavy atom. The van der Waals surface area contributed by atoms with E-state index in [1.165, 1.54) is 17.4 Å². The van der Waals surface area contributed by atoms with Gasteiger partial charge in [-0.25, -0.2) is 0 Å². The molecule has 3 aromatic rings. The summed E-state index contributed by atoms with van der Waals surface area (Å²) >= 11 is 1.72. The molecular formula is C27H28N2O3S. The summed E-state index contributed by atoms with van der Waals surface area (Å²) in [6.45, 7) is 6.80. The van der Waals surface area contributed by atoms with Crippen molar-refractivity contribution in [3.63, 3.8) is 0 Å². The number of hydrogen-bond acceptors (Lipinski definition) is 5. The fourth-order valence-electron chi connectivity index (χ4n) is 4.97. The van der Waals surface area contributed by atoms with Gasteiger partial charge in [0.25, 0.3) is 0 Å². The second-order valence-corrected chi connectivity index (χ2v) is 10.3. The van der Waals surface area contributed by atoms with Gasteiger partial charge in [0.2, 0.25) is 5.91 Å². The first-order chi connectivity index (χ1) is 15.9. The van der Waals surface area contributed by atoms with Crippen molar-refractivity contribution in [2.45, 2.75) is 42.0 Å². The van der Waals surface area contributed by atoms with E-state index in [9.17, 15) is 4.79 Å². The zero-order valence-corrected chi connectivity index (χ0v) is 20.1. The standard InChI is InChI=1S/C27H28N2O3S/c1-16(30)28-17-8-10-18(11-9-17)33-19-12-13-22-20(14-19)27(2,3)21-15-32-24-7-5-6-23(31-4)25(24)26(21)29-22/h5-14,21,26,29H,15H2,1-4H3,(H,28,30)/t21-,26-/m0/s1. The molecule has 0 unspecified atom stereocenters. The molecule has 0 bridgehead atoms. The third-order valence-electron chi connectivity index (χ3n) is 6.71. The molecule has 1 amide bonds. The average molecular weight is 461 g/mol. The van der Waals surface area contributed by atoms with Crippen molar-refractivity contribution in [3.05, 3.63) is 71.8 Å². The Morgan fingerprint density at radius 1 is 1.12 bits per heavy atom. The molecule has 0 saturated carbocycles. The summed E-state index contributed by atoms with van der Waals surface area (Å²) in [5.74, 6) is 1.97. The first kappa shape index (κ1) is 21.7. The maximum absolute atomic E-state index is 11.3. The first-order valence-corrected chi connectivity index (χ1v) is 11.9. The van der Waals surface area contributed by atoms with Crippen LogP contribution in [0.15, 0.2) is 70.5 Å². The topological polar surface area (TPSA) is 59.6 Å². The number of nitrogens with one attached hydrogen (secondary N) is 2. The molecule has 0 fully saturated rings. The molecule has 170 valence electrons. The molecule has 5 nitrogen and oxygen atoms in total. The predicted octanol–water partition coefficient (Wildman–Crippen LogP) is 6.26. The first-order valence-electron chi connectivity index (χ1n) is 11.1. The van der Waals surface area contributed by atoms with E-state index in [4.69, 9.17) is 9.47 Å². The molecule has 2 N–H and O–H groups in total. The molecule has 6 heteroatoms. The van der Waals surface area contributed by atoms with Gasteiger partial charge in [-0.15, -0.1) is 0 Å². The largest absolute Gasteiger partial charge is 0.496 e. The maximum atomic E-state index is 11.3. The molecule has 0 aliphatic carbocycles. The van der Waals surface area contributed by atoms with Crippen molar-refractivity contribution in [2.24, 2.45) is 5.92 Å². The minimum atomic E-state index is -0.0877. The highest BCUT2D eigenvalue weighted by molar-refractivity contribution is 7.99. The number of amides is 1. The third-order valence-corrected chi connectivity index (χ3v) is 7.71. The highest BCUT2D eigenvalue weighted by Gasteiger charge is 2.47. The minimum absolute atomic E-state index is 0.0648. The molecule has 0 radical (unpaired) electrons. The van der Waals surface area contributed by atoms with Crippen LogP contribution in [-0.4, -0.2) is 19.6 Å². The van der Waals surface area contributed by atoms with Crippen LogP contribution in [0.25, 0.3) is 0 Å². The number of benzene rings is 3. The lowest BCUT2D eigenvalue weighted by molar-refractivity contribution is -0.114. The lowest BCUT2D eigenvalue weighted by Crippen LogP contribution is -2.46. The van der Waals surface area contributed by atoms with Crippen molar-refractivity contribution in [1.82, 2.24) is 0 Å². The zero-order chi connectivity index (χ0) is 23.2. The van der Waals surface area contributed by atoms with Gasteiger partial charge in [-0.3, -0.25) is 4.79 Å². The fraction of sp³-hybridized carbons (Fsp3) is 0.296. The molecule has 2 atom stereocenters. The Bertz CT molecular complexity index is 1190. The van der Waals surface area contributed by atoms with Crippen LogP contribution in [0.4, 0.5) is 11.4 Å². The number of rotatable bonds is 4. The molecule has 5 rings (SSSR count). The van der Waals surface area contributed by atoms with Crippen LogP contribution < -0.4 is 20.1 Å². The van der Waals surface area contributed by atoms with Crippen LogP contribution in [0.3, 0.4) is 0 Å². The van der Waals surface area contributed by atoms with Gasteiger partial charge in [-0.1, -0.05) is 31.7 Å². The van der Waals surface area contributed by atoms with Crippen LogP contribution in [0, 0.1) is 5.92 Å². The molecule has 3 aromatic carbocycles. The number of hydrogen-bond donors (Lipinski definition) is 2. The molecule has 2 heterocycles. The Morgan fingerprint density at radius 3 is 2.61 bits per heavy atom. The summed E-state index contributed by atoms with van der Waals surface area (Å²) in [6, 6.07) is 20.7. The van der Waals surface area contributed by atoms with Gasteiger partial charge < -0.3 is 20.1 Å². The zero-order valence-electron chi connectivity index (χ0n) is 19.3. The molecule has 2 aliphatic rings. The van der Waals surface area contributed by atoms with Crippen molar-refractivity contribution >= 4 is 29.0 Å². The number of anilines is 2. The Labute approximate surface area is 198 Å². The summed E-state index contributed by atoms with van der Waals surface area (Å²) in [4.78, 5) is 13.6. The molecule has 0 saturated heterocycles. The Balaban J connectivity index is 1.45. The van der Waals surface area contributed by atoms with E-state index in [-0.39, 0.29) is 23.3 Å². The average Bonchev–Trinajstić information content (AvgIpc) is 2.80. The van der Waals surface area contributed by atoms with E-state index in [2.05, 4.69) is 42.7 Å². The highest BCUT2D eigenvalue weighted by atomic mass is 32.2. The number of fused-ring (bicyclic) bond motifs is 4. The predicted molar refractivity (Wildman–Crippen MR) is 133 cm³/mol. The third kappa shape index (κ3) is 3.93. The number of ether oxygens (including phenoxy) is 2. The van der Waals surface area contributed by atoms with Crippen LogP contribution >= 0.6 is 11.8 Å². The van der Waals surface area contributed by atoms with Crippen molar-refractivity contribution < 1.29 is 14.3 Å². The van der Waals surface area contributed by atoms with Crippen molar-refractivity contribution in [2.75, 3.05) is 24.4 Å². The minimum Gasteiger partial charge on any atom is -0.496 e. The van der Waals surface area contributed by atoms with E-state index < -0.39 is 0 Å². The monoisotopic (exact) mass is 460 g/mol. The van der Waals surface area contributed by atoms with Crippen molar-refractivity contribution in [1.29, 1.82) is 0 Å². The summed E-state index contributed by atoms with van der Waals surface area (Å²) in [5, 5.41) is 6.60. The van der Waals surface area contributed by atoms with E-state index >= 15 is 0 Å². The summed E-state index contributed by atoms with van der Waals surface area (Å²) in [5.41, 5.74) is 4.28. The van der Waals surface area contributed by atoms with Crippen molar-refractivity contribution in [3.8, 4) is 11.5 Å². The summed E-state index contributed by atoms with van der Waals surface area (Å²) < 4.78 is 11.9. The number of carbonyl (C=O) groups excluding carboxylic acids is 1. The number of carbonyl (C=O) groups is 1. The lowest BCUT2D eigenvalue weighted by atomic mass is 9.65. The van der Waals surface area contributed by atoms with Crippen LogP contribution in [0.2, 0.25) is 0 Å². The SMILES string of the molecule is COc1cccc2c1[C@H]1Nc3ccc(Sc4ccc(NC(C)=O)cc4)cc3C(C)(C)[C@H]1CO2. The summed E-state index contributed by atoms with van der Waals surface area (Å²) in [7, 11) is 1.72. The van der Waals surface area contributed by atoms with Gasteiger partial charge in [0, 0.05) is 39.4 Å². The number of methoxy groups -OCH3 is 1. The van der Waals surface area contributed by atoms with Gasteiger partial charge >= 0.3 is 0 Å². The second kappa shape index (κ2) is 8.34. The summed E-state index contributed by atoms with van der Waals surface area (Å²) in [6.07, 6.45) is 0. The normalized spacial score (nSPS) is 19.8. The molecule has 0 spiro atoms. The van der Waals surface area contributed by atoms with Gasteiger partial charge in [-0.2, -0.15) is 0 Å². The molecule has 0 aromatic heterocycles. The van der Waals surface area contributed by atoms with E-state index in [1.807, 2.05) is 42.5 Å². The van der Waals surface area contributed by atoms with Gasteiger partial charge in [0.05, 0.1) is 25.3 Å². The second-order valence-electron chi connectivity index (χ2n) is 9.15. The Hall–Kier alpha value is -3.12. The van der Waals surface area contributed by atoms with E-state index in [1.54, 1.807) is 18.9 Å². The maximum Gasteiger partial charge on any atom is 0.221 e. The quantitative estimate of drug-likeness (QED) is 0.481. The van der Waals surface area contributed by atoms with Gasteiger partial charge in [0.15, 0.2) is 0 Å².